The highest BCUT2D eigenvalue weighted by Gasteiger charge is 2.27. The van der Waals surface area contributed by atoms with Crippen molar-refractivity contribution in [1.29, 1.82) is 0 Å². The summed E-state index contributed by atoms with van der Waals surface area (Å²) in [5.41, 5.74) is 4.52. The van der Waals surface area contributed by atoms with E-state index in [-0.39, 0.29) is 11.3 Å². The fourth-order valence-corrected chi connectivity index (χ4v) is 2.87. The molecule has 0 saturated heterocycles. The predicted molar refractivity (Wildman–Crippen MR) is 86.6 cm³/mol. The van der Waals surface area contributed by atoms with E-state index >= 15 is 0 Å². The summed E-state index contributed by atoms with van der Waals surface area (Å²) in [5, 5.41) is 0. The van der Waals surface area contributed by atoms with Gasteiger partial charge >= 0.3 is 0 Å². The van der Waals surface area contributed by atoms with Gasteiger partial charge in [0, 0.05) is 11.3 Å². The van der Waals surface area contributed by atoms with Gasteiger partial charge in [-0.15, -0.1) is 0 Å². The van der Waals surface area contributed by atoms with Crippen LogP contribution in [0.5, 0.6) is 0 Å². The Hall–Kier alpha value is -2.09. The van der Waals surface area contributed by atoms with Gasteiger partial charge in [-0.3, -0.25) is 4.79 Å². The van der Waals surface area contributed by atoms with Crippen molar-refractivity contribution in [1.82, 2.24) is 0 Å². The predicted octanol–water partition coefficient (Wildman–Crippen LogP) is 4.44. The number of carbonyl (C=O) groups excluding carboxylic acids is 1. The highest BCUT2D eigenvalue weighted by molar-refractivity contribution is 6.09. The molecule has 0 fully saturated rings. The van der Waals surface area contributed by atoms with Crippen LogP contribution in [0.2, 0.25) is 0 Å². The molecule has 108 valence electrons. The lowest BCUT2D eigenvalue weighted by Crippen LogP contribution is -2.22. The van der Waals surface area contributed by atoms with E-state index in [4.69, 9.17) is 0 Å². The Morgan fingerprint density at radius 2 is 1.67 bits per heavy atom. The van der Waals surface area contributed by atoms with Gasteiger partial charge in [0.2, 0.25) is 0 Å². The standard InChI is InChI=1S/C19H21NO/c1-19(2,3)12-14-8-10-16(11-9-14)20-13-15-6-4-5-7-17(15)18(20)21/h4-11H,12-13H2,1-3H3. The van der Waals surface area contributed by atoms with Crippen LogP contribution in [0, 0.1) is 5.41 Å². The van der Waals surface area contributed by atoms with Gasteiger partial charge in [0.15, 0.2) is 0 Å². The molecule has 0 aliphatic carbocycles. The van der Waals surface area contributed by atoms with Crippen molar-refractivity contribution in [2.45, 2.75) is 33.7 Å². The molecular weight excluding hydrogens is 258 g/mol. The third kappa shape index (κ3) is 2.85. The quantitative estimate of drug-likeness (QED) is 0.796. The molecule has 0 atom stereocenters. The van der Waals surface area contributed by atoms with Gasteiger partial charge < -0.3 is 4.90 Å². The Kier molecular flexibility index (Phi) is 3.32. The van der Waals surface area contributed by atoms with E-state index in [0.717, 1.165) is 23.2 Å². The molecule has 0 radical (unpaired) electrons. The molecule has 2 nitrogen and oxygen atoms in total. The van der Waals surface area contributed by atoms with Gasteiger partial charge in [-0.25, -0.2) is 0 Å². The zero-order valence-electron chi connectivity index (χ0n) is 12.9. The zero-order valence-corrected chi connectivity index (χ0v) is 12.9. The second-order valence-electron chi connectivity index (χ2n) is 6.95. The summed E-state index contributed by atoms with van der Waals surface area (Å²) in [4.78, 5) is 14.3. The Morgan fingerprint density at radius 1 is 1.00 bits per heavy atom. The Morgan fingerprint density at radius 3 is 2.29 bits per heavy atom. The fourth-order valence-electron chi connectivity index (χ4n) is 2.87. The molecule has 0 aromatic heterocycles. The molecule has 0 saturated carbocycles. The first kappa shape index (κ1) is 13.9. The normalized spacial score (nSPS) is 14.4. The Labute approximate surface area is 126 Å². The maximum atomic E-state index is 12.4. The monoisotopic (exact) mass is 279 g/mol. The topological polar surface area (TPSA) is 20.3 Å². The molecule has 1 heterocycles. The third-order valence-corrected chi connectivity index (χ3v) is 3.80. The van der Waals surface area contributed by atoms with Crippen molar-refractivity contribution in [3.8, 4) is 0 Å². The summed E-state index contributed by atoms with van der Waals surface area (Å²) in [6.45, 7) is 7.39. The number of nitrogens with zero attached hydrogens (tertiary/aromatic N) is 1. The molecule has 1 aliphatic rings. The number of fused-ring (bicyclic) bond motifs is 1. The van der Waals surface area contributed by atoms with Crippen LogP contribution in [0.3, 0.4) is 0 Å². The lowest BCUT2D eigenvalue weighted by atomic mass is 9.88. The van der Waals surface area contributed by atoms with Gasteiger partial charge in [0.05, 0.1) is 6.54 Å². The molecule has 0 spiro atoms. The van der Waals surface area contributed by atoms with Crippen molar-refractivity contribution in [2.24, 2.45) is 5.41 Å². The molecule has 0 N–H and O–H groups in total. The number of amides is 1. The van der Waals surface area contributed by atoms with Crippen molar-refractivity contribution in [3.63, 3.8) is 0 Å². The molecule has 0 unspecified atom stereocenters. The first-order chi connectivity index (χ1) is 9.94. The van der Waals surface area contributed by atoms with Crippen molar-refractivity contribution in [3.05, 3.63) is 65.2 Å². The lowest BCUT2D eigenvalue weighted by molar-refractivity contribution is 0.0996. The van der Waals surface area contributed by atoms with Gasteiger partial charge in [-0.1, -0.05) is 51.1 Å². The minimum Gasteiger partial charge on any atom is -0.304 e. The first-order valence-electron chi connectivity index (χ1n) is 7.43. The largest absolute Gasteiger partial charge is 0.304 e. The van der Waals surface area contributed by atoms with Crippen LogP contribution >= 0.6 is 0 Å². The van der Waals surface area contributed by atoms with E-state index in [0.29, 0.717) is 6.54 Å². The Balaban J connectivity index is 1.82. The first-order valence-corrected chi connectivity index (χ1v) is 7.43. The summed E-state index contributed by atoms with van der Waals surface area (Å²) >= 11 is 0. The number of carbonyl (C=O) groups is 1. The fraction of sp³-hybridized carbons (Fsp3) is 0.316. The minimum absolute atomic E-state index is 0.106. The van der Waals surface area contributed by atoms with Gasteiger partial charge in [0.1, 0.15) is 0 Å². The van der Waals surface area contributed by atoms with Crippen LogP contribution in [0.25, 0.3) is 0 Å². The van der Waals surface area contributed by atoms with Crippen LogP contribution in [0.15, 0.2) is 48.5 Å². The van der Waals surface area contributed by atoms with E-state index in [1.165, 1.54) is 5.56 Å². The van der Waals surface area contributed by atoms with Crippen LogP contribution in [-0.4, -0.2) is 5.91 Å². The average Bonchev–Trinajstić information content (AvgIpc) is 2.76. The van der Waals surface area contributed by atoms with Gasteiger partial charge in [0.25, 0.3) is 5.91 Å². The van der Waals surface area contributed by atoms with E-state index in [2.05, 4.69) is 45.0 Å². The lowest BCUT2D eigenvalue weighted by Gasteiger charge is -2.20. The molecular formula is C19H21NO. The van der Waals surface area contributed by atoms with Crippen LogP contribution in [-0.2, 0) is 13.0 Å². The molecule has 1 aliphatic heterocycles. The number of rotatable bonds is 2. The summed E-state index contributed by atoms with van der Waals surface area (Å²) in [5.74, 6) is 0.106. The van der Waals surface area contributed by atoms with Crippen molar-refractivity contribution in [2.75, 3.05) is 4.90 Å². The maximum absolute atomic E-state index is 12.4. The van der Waals surface area contributed by atoms with E-state index in [1.807, 2.05) is 29.2 Å². The number of hydrogen-bond donors (Lipinski definition) is 0. The second kappa shape index (κ2) is 5.03. The molecule has 2 heteroatoms. The third-order valence-electron chi connectivity index (χ3n) is 3.80. The molecule has 2 aromatic carbocycles. The molecule has 21 heavy (non-hydrogen) atoms. The van der Waals surface area contributed by atoms with E-state index in [1.54, 1.807) is 0 Å². The number of anilines is 1. The molecule has 0 bridgehead atoms. The molecule has 1 amide bonds. The number of benzene rings is 2. The number of hydrogen-bond acceptors (Lipinski definition) is 1. The highest BCUT2D eigenvalue weighted by atomic mass is 16.2. The smallest absolute Gasteiger partial charge is 0.258 e. The van der Waals surface area contributed by atoms with E-state index in [9.17, 15) is 4.79 Å². The Bertz CT molecular complexity index is 665. The van der Waals surface area contributed by atoms with Crippen LogP contribution in [0.4, 0.5) is 5.69 Å². The van der Waals surface area contributed by atoms with Gasteiger partial charge in [-0.2, -0.15) is 0 Å². The second-order valence-corrected chi connectivity index (χ2v) is 6.95. The van der Waals surface area contributed by atoms with Gasteiger partial charge in [-0.05, 0) is 41.2 Å². The maximum Gasteiger partial charge on any atom is 0.258 e. The average molecular weight is 279 g/mol. The highest BCUT2D eigenvalue weighted by Crippen LogP contribution is 2.29. The summed E-state index contributed by atoms with van der Waals surface area (Å²) < 4.78 is 0. The summed E-state index contributed by atoms with van der Waals surface area (Å²) in [6, 6.07) is 16.2. The van der Waals surface area contributed by atoms with E-state index < -0.39 is 0 Å². The minimum atomic E-state index is 0.106. The van der Waals surface area contributed by atoms with Crippen LogP contribution in [0.1, 0.15) is 42.3 Å². The van der Waals surface area contributed by atoms with Crippen LogP contribution < -0.4 is 4.90 Å². The van der Waals surface area contributed by atoms with Crippen molar-refractivity contribution < 1.29 is 4.79 Å². The zero-order chi connectivity index (χ0) is 15.0. The molecule has 3 rings (SSSR count). The molecule has 2 aromatic rings. The summed E-state index contributed by atoms with van der Waals surface area (Å²) in [7, 11) is 0. The summed E-state index contributed by atoms with van der Waals surface area (Å²) in [6.07, 6.45) is 1.04. The van der Waals surface area contributed by atoms with Crippen molar-refractivity contribution >= 4 is 11.6 Å². The SMILES string of the molecule is CC(C)(C)Cc1ccc(N2Cc3ccccc3C2=O)cc1.